The molecule has 0 spiro atoms. The first kappa shape index (κ1) is 30.7. The van der Waals surface area contributed by atoms with Gasteiger partial charge in [0.25, 0.3) is 5.91 Å². The highest BCUT2D eigenvalue weighted by Crippen LogP contribution is 2.21. The van der Waals surface area contributed by atoms with E-state index in [1.807, 2.05) is 48.5 Å². The second-order valence-electron chi connectivity index (χ2n) is 10.3. The second kappa shape index (κ2) is 18.4. The van der Waals surface area contributed by atoms with E-state index in [-0.39, 0.29) is 12.5 Å². The molecule has 6 heteroatoms. The topological polar surface area (TPSA) is 51.4 Å². The first-order valence-corrected chi connectivity index (χ1v) is 15.8. The molecule has 1 heterocycles. The van der Waals surface area contributed by atoms with Gasteiger partial charge in [0.2, 0.25) is 5.51 Å². The molecule has 0 saturated carbocycles. The number of carbonyl (C=O) groups is 1. The van der Waals surface area contributed by atoms with E-state index in [1.54, 1.807) is 11.3 Å². The molecule has 3 aromatic rings. The molecule has 1 aromatic heterocycles. The van der Waals surface area contributed by atoms with Crippen LogP contribution in [0.15, 0.2) is 59.4 Å². The number of ether oxygens (including phenoxy) is 2. The lowest BCUT2D eigenvalue weighted by atomic mass is 10.1. The van der Waals surface area contributed by atoms with Crippen LogP contribution in [0.3, 0.4) is 0 Å². The van der Waals surface area contributed by atoms with E-state index in [0.29, 0.717) is 18.9 Å². The average Bonchev–Trinajstić information content (AvgIpc) is 3.35. The standard InChI is InChI=1S/C33H46N2O3S/c1-3-4-5-6-7-8-9-10-11-12-13-16-22-37-30-19-17-20-31(23-30)38-25-33(36)34-32-21-15-14-18-29(32)24-35-27-39-26-28(35)2/h14-15,17-21,23,26-27H,3-13,16,22,24-25H2,1-2H3/p+1. The van der Waals surface area contributed by atoms with Crippen LogP contribution in [0.1, 0.15) is 95.2 Å². The van der Waals surface area contributed by atoms with Crippen LogP contribution in [0.5, 0.6) is 11.5 Å². The highest BCUT2D eigenvalue weighted by Gasteiger charge is 2.13. The lowest BCUT2D eigenvalue weighted by molar-refractivity contribution is -0.689. The monoisotopic (exact) mass is 551 g/mol. The molecule has 0 aliphatic rings. The van der Waals surface area contributed by atoms with Gasteiger partial charge in [0, 0.05) is 18.6 Å². The molecule has 1 N–H and O–H groups in total. The quantitative estimate of drug-likeness (QED) is 0.113. The van der Waals surface area contributed by atoms with Crippen LogP contribution in [-0.4, -0.2) is 19.1 Å². The summed E-state index contributed by atoms with van der Waals surface area (Å²) in [6.45, 7) is 5.73. The number of thiazole rings is 1. The predicted molar refractivity (Wildman–Crippen MR) is 162 cm³/mol. The zero-order valence-electron chi connectivity index (χ0n) is 24.0. The summed E-state index contributed by atoms with van der Waals surface area (Å²) >= 11 is 1.67. The molecule has 2 aromatic carbocycles. The average molecular weight is 552 g/mol. The number of para-hydroxylation sites is 1. The summed E-state index contributed by atoms with van der Waals surface area (Å²) in [7, 11) is 0. The van der Waals surface area contributed by atoms with Crippen molar-refractivity contribution in [3.05, 3.63) is 70.7 Å². The molecule has 5 nitrogen and oxygen atoms in total. The lowest BCUT2D eigenvalue weighted by Crippen LogP contribution is -2.35. The number of unbranched alkanes of at least 4 members (excludes halogenated alkanes) is 11. The smallest absolute Gasteiger partial charge is 0.262 e. The van der Waals surface area contributed by atoms with Gasteiger partial charge in [0.15, 0.2) is 18.8 Å². The van der Waals surface area contributed by atoms with Crippen molar-refractivity contribution in [1.29, 1.82) is 0 Å². The molecule has 0 radical (unpaired) electrons. The van der Waals surface area contributed by atoms with Gasteiger partial charge >= 0.3 is 0 Å². The van der Waals surface area contributed by atoms with Gasteiger partial charge in [-0.25, -0.2) is 0 Å². The number of carbonyl (C=O) groups excluding carboxylic acids is 1. The van der Waals surface area contributed by atoms with Crippen molar-refractivity contribution in [3.63, 3.8) is 0 Å². The maximum Gasteiger partial charge on any atom is 0.262 e. The molecule has 212 valence electrons. The molecule has 1 amide bonds. The number of aromatic nitrogens is 1. The minimum Gasteiger partial charge on any atom is -0.493 e. The first-order chi connectivity index (χ1) is 19.2. The van der Waals surface area contributed by atoms with Crippen LogP contribution in [0.4, 0.5) is 5.69 Å². The van der Waals surface area contributed by atoms with Crippen molar-refractivity contribution in [1.82, 2.24) is 0 Å². The molecule has 3 rings (SSSR count). The number of anilines is 1. The number of amides is 1. The van der Waals surface area contributed by atoms with Gasteiger partial charge in [-0.05, 0) is 24.6 Å². The van der Waals surface area contributed by atoms with Gasteiger partial charge in [-0.3, -0.25) is 4.79 Å². The summed E-state index contributed by atoms with van der Waals surface area (Å²) in [5.74, 6) is 1.23. The molecule has 0 aliphatic heterocycles. The van der Waals surface area contributed by atoms with Gasteiger partial charge < -0.3 is 14.8 Å². The van der Waals surface area contributed by atoms with E-state index < -0.39 is 0 Å². The zero-order chi connectivity index (χ0) is 27.5. The van der Waals surface area contributed by atoms with Crippen LogP contribution < -0.4 is 19.4 Å². The Balaban J connectivity index is 1.29. The third-order valence-electron chi connectivity index (χ3n) is 6.95. The summed E-state index contributed by atoms with van der Waals surface area (Å²) in [5.41, 5.74) is 5.16. The number of aryl methyl sites for hydroxylation is 1. The van der Waals surface area contributed by atoms with Crippen molar-refractivity contribution in [2.45, 2.75) is 97.4 Å². The Labute approximate surface area is 239 Å². The van der Waals surface area contributed by atoms with Gasteiger partial charge in [0.1, 0.15) is 11.5 Å². The predicted octanol–water partition coefficient (Wildman–Crippen LogP) is 8.49. The maximum absolute atomic E-state index is 12.6. The second-order valence-corrected chi connectivity index (χ2v) is 11.1. The summed E-state index contributed by atoms with van der Waals surface area (Å²) < 4.78 is 13.9. The highest BCUT2D eigenvalue weighted by atomic mass is 32.1. The van der Waals surface area contributed by atoms with E-state index in [2.05, 4.69) is 34.6 Å². The zero-order valence-corrected chi connectivity index (χ0v) is 24.8. The van der Waals surface area contributed by atoms with Crippen LogP contribution in [0, 0.1) is 6.92 Å². The Morgan fingerprint density at radius 2 is 1.46 bits per heavy atom. The van der Waals surface area contributed by atoms with E-state index >= 15 is 0 Å². The number of hydrogen-bond donors (Lipinski definition) is 1. The van der Waals surface area contributed by atoms with Crippen LogP contribution in [0.2, 0.25) is 0 Å². The summed E-state index contributed by atoms with van der Waals surface area (Å²) in [5, 5.41) is 5.12. The minimum absolute atomic E-state index is 0.0544. The third-order valence-corrected chi connectivity index (χ3v) is 7.81. The molecule has 0 bridgehead atoms. The molecule has 0 aliphatic carbocycles. The van der Waals surface area contributed by atoms with Gasteiger partial charge in [-0.2, -0.15) is 4.57 Å². The largest absolute Gasteiger partial charge is 0.493 e. The SMILES string of the molecule is CCCCCCCCCCCCCCOc1cccc(OCC(=O)Nc2ccccc2C[n+]2cscc2C)c1. The molecule has 0 saturated heterocycles. The minimum atomic E-state index is -0.183. The van der Waals surface area contributed by atoms with Crippen molar-refractivity contribution in [3.8, 4) is 11.5 Å². The Morgan fingerprint density at radius 3 is 2.13 bits per heavy atom. The third kappa shape index (κ3) is 12.2. The van der Waals surface area contributed by atoms with Crippen molar-refractivity contribution >= 4 is 22.9 Å². The Bertz CT molecular complexity index is 1100. The van der Waals surface area contributed by atoms with E-state index in [1.165, 1.54) is 76.3 Å². The molecule has 0 unspecified atom stereocenters. The summed E-state index contributed by atoms with van der Waals surface area (Å²) in [6.07, 6.45) is 16.0. The fourth-order valence-corrected chi connectivity index (χ4v) is 5.38. The van der Waals surface area contributed by atoms with Crippen molar-refractivity contribution < 1.29 is 18.8 Å². The van der Waals surface area contributed by atoms with E-state index in [4.69, 9.17) is 9.47 Å². The van der Waals surface area contributed by atoms with Crippen LogP contribution >= 0.6 is 11.3 Å². The maximum atomic E-state index is 12.6. The van der Waals surface area contributed by atoms with Gasteiger partial charge in [-0.1, -0.05) is 113 Å². The molecule has 0 atom stereocenters. The van der Waals surface area contributed by atoms with E-state index in [9.17, 15) is 4.79 Å². The Hall–Kier alpha value is -2.86. The molecule has 39 heavy (non-hydrogen) atoms. The number of benzene rings is 2. The first-order valence-electron chi connectivity index (χ1n) is 14.8. The normalized spacial score (nSPS) is 10.9. The number of nitrogens with zero attached hydrogens (tertiary/aromatic N) is 1. The summed E-state index contributed by atoms with van der Waals surface area (Å²) in [4.78, 5) is 12.6. The van der Waals surface area contributed by atoms with Crippen molar-refractivity contribution in [2.75, 3.05) is 18.5 Å². The van der Waals surface area contributed by atoms with Crippen LogP contribution in [0.25, 0.3) is 0 Å². The van der Waals surface area contributed by atoms with E-state index in [0.717, 1.165) is 23.4 Å². The van der Waals surface area contributed by atoms with Gasteiger partial charge in [0.05, 0.1) is 17.7 Å². The van der Waals surface area contributed by atoms with Crippen LogP contribution in [-0.2, 0) is 11.3 Å². The number of rotatable bonds is 20. The van der Waals surface area contributed by atoms with Crippen molar-refractivity contribution in [2.24, 2.45) is 0 Å². The van der Waals surface area contributed by atoms with Gasteiger partial charge in [-0.15, -0.1) is 0 Å². The fraction of sp³-hybridized carbons (Fsp3) is 0.515. The number of nitrogens with one attached hydrogen (secondary N) is 1. The molecular weight excluding hydrogens is 504 g/mol. The fourth-order valence-electron chi connectivity index (χ4n) is 4.60. The summed E-state index contributed by atoms with van der Waals surface area (Å²) in [6, 6.07) is 15.5. The number of hydrogen-bond acceptors (Lipinski definition) is 4. The highest BCUT2D eigenvalue weighted by molar-refractivity contribution is 7.07. The molecular formula is C33H47N2O3S+. The Morgan fingerprint density at radius 1 is 0.821 bits per heavy atom. The molecule has 0 fully saturated rings. The Kier molecular flexibility index (Phi) is 14.5. The lowest BCUT2D eigenvalue weighted by Gasteiger charge is -2.11.